The quantitative estimate of drug-likeness (QED) is 0.458. The van der Waals surface area contributed by atoms with Crippen LogP contribution < -0.4 is 16.0 Å². The van der Waals surface area contributed by atoms with Gasteiger partial charge in [0.05, 0.1) is 0 Å². The van der Waals surface area contributed by atoms with Crippen molar-refractivity contribution in [3.8, 4) is 0 Å². The Labute approximate surface area is 143 Å². The summed E-state index contributed by atoms with van der Waals surface area (Å²) in [6.07, 6.45) is 0.909. The van der Waals surface area contributed by atoms with Gasteiger partial charge in [0.2, 0.25) is 5.91 Å². The zero-order valence-electron chi connectivity index (χ0n) is 12.5. The molecule has 6 heteroatoms. The van der Waals surface area contributed by atoms with Gasteiger partial charge in [0.1, 0.15) is 6.54 Å². The molecule has 0 aliphatic carbocycles. The van der Waals surface area contributed by atoms with Crippen molar-refractivity contribution in [1.29, 1.82) is 0 Å². The number of fused-ring (bicyclic) bond motifs is 1. The molecule has 116 valence electrons. The lowest BCUT2D eigenvalue weighted by molar-refractivity contribution is -0.117. The van der Waals surface area contributed by atoms with Crippen molar-refractivity contribution in [2.24, 2.45) is 16.6 Å². The van der Waals surface area contributed by atoms with E-state index < -0.39 is 0 Å². The number of aliphatic imine (C=N–C) groups is 1. The minimum absolute atomic E-state index is 0. The van der Waals surface area contributed by atoms with E-state index in [0.29, 0.717) is 11.9 Å². The first kappa shape index (κ1) is 17.7. The molecule has 1 aromatic carbocycles. The van der Waals surface area contributed by atoms with Crippen LogP contribution in [-0.4, -0.2) is 31.5 Å². The van der Waals surface area contributed by atoms with Gasteiger partial charge in [-0.25, -0.2) is 4.99 Å². The van der Waals surface area contributed by atoms with E-state index in [1.165, 1.54) is 5.56 Å². The molecule has 3 N–H and O–H groups in total. The Morgan fingerprint density at radius 3 is 2.86 bits per heavy atom. The van der Waals surface area contributed by atoms with E-state index in [2.05, 4.69) is 30.2 Å². The molecule has 1 aliphatic heterocycles. The molecular formula is C15H23IN4O. The number of hydrogen-bond acceptors (Lipinski definition) is 2. The zero-order valence-corrected chi connectivity index (χ0v) is 14.8. The Bertz CT molecular complexity index is 516. The van der Waals surface area contributed by atoms with E-state index in [1.54, 1.807) is 4.90 Å². The third kappa shape index (κ3) is 4.87. The molecule has 0 fully saturated rings. The number of guanidine groups is 1. The highest BCUT2D eigenvalue weighted by atomic mass is 127. The largest absolute Gasteiger partial charge is 0.370 e. The highest BCUT2D eigenvalue weighted by Crippen LogP contribution is 2.27. The van der Waals surface area contributed by atoms with Gasteiger partial charge in [-0.05, 0) is 24.0 Å². The number of halogens is 1. The number of nitrogens with one attached hydrogen (secondary N) is 1. The molecule has 0 radical (unpaired) electrons. The first-order valence-corrected chi connectivity index (χ1v) is 7.00. The monoisotopic (exact) mass is 402 g/mol. The van der Waals surface area contributed by atoms with E-state index in [0.717, 1.165) is 25.2 Å². The maximum atomic E-state index is 12.2. The lowest BCUT2D eigenvalue weighted by Gasteiger charge is -2.16. The Morgan fingerprint density at radius 1 is 1.43 bits per heavy atom. The maximum Gasteiger partial charge on any atom is 0.248 e. The lowest BCUT2D eigenvalue weighted by Crippen LogP contribution is -2.36. The van der Waals surface area contributed by atoms with Gasteiger partial charge in [0, 0.05) is 18.8 Å². The number of amides is 1. The Hall–Kier alpha value is -1.31. The Morgan fingerprint density at radius 2 is 2.14 bits per heavy atom. The third-order valence-corrected chi connectivity index (χ3v) is 3.26. The van der Waals surface area contributed by atoms with Crippen LogP contribution in [0.1, 0.15) is 19.4 Å². The summed E-state index contributed by atoms with van der Waals surface area (Å²) in [4.78, 5) is 18.1. The van der Waals surface area contributed by atoms with Gasteiger partial charge >= 0.3 is 0 Å². The van der Waals surface area contributed by atoms with Crippen LogP contribution >= 0.6 is 24.0 Å². The second-order valence-corrected chi connectivity index (χ2v) is 5.40. The summed E-state index contributed by atoms with van der Waals surface area (Å²) in [6.45, 7) is 5.76. The van der Waals surface area contributed by atoms with Gasteiger partial charge < -0.3 is 16.0 Å². The molecule has 2 rings (SSSR count). The molecule has 21 heavy (non-hydrogen) atoms. The smallest absolute Gasteiger partial charge is 0.248 e. The fourth-order valence-electron chi connectivity index (χ4n) is 2.20. The zero-order chi connectivity index (χ0) is 14.5. The van der Waals surface area contributed by atoms with Gasteiger partial charge in [-0.15, -0.1) is 24.0 Å². The lowest BCUT2D eigenvalue weighted by atomic mass is 10.2. The Balaban J connectivity index is 0.00000220. The highest BCUT2D eigenvalue weighted by molar-refractivity contribution is 14.0. The Kier molecular flexibility index (Phi) is 6.94. The van der Waals surface area contributed by atoms with Crippen LogP contribution in [0.25, 0.3) is 0 Å². The van der Waals surface area contributed by atoms with Crippen molar-refractivity contribution in [1.82, 2.24) is 5.32 Å². The van der Waals surface area contributed by atoms with Crippen molar-refractivity contribution >= 4 is 41.5 Å². The van der Waals surface area contributed by atoms with Crippen LogP contribution in [-0.2, 0) is 11.2 Å². The number of rotatable bonds is 4. The maximum absolute atomic E-state index is 12.2. The van der Waals surface area contributed by atoms with Crippen LogP contribution in [0.5, 0.6) is 0 Å². The van der Waals surface area contributed by atoms with E-state index in [4.69, 9.17) is 5.73 Å². The van der Waals surface area contributed by atoms with Crippen molar-refractivity contribution < 1.29 is 4.79 Å². The number of anilines is 1. The van der Waals surface area contributed by atoms with E-state index in [9.17, 15) is 4.79 Å². The third-order valence-electron chi connectivity index (χ3n) is 3.26. The summed E-state index contributed by atoms with van der Waals surface area (Å²) < 4.78 is 0. The number of para-hydroxylation sites is 1. The standard InChI is InChI=1S/C15H22N4O.HI/c1-11(2)9-17-15(16)18-10-14(20)19-8-7-12-5-3-4-6-13(12)19;/h3-6,11H,7-10H2,1-2H3,(H3,16,17,18);1H. The van der Waals surface area contributed by atoms with E-state index in [-0.39, 0.29) is 36.4 Å². The molecule has 0 spiro atoms. The van der Waals surface area contributed by atoms with Crippen LogP contribution in [0.4, 0.5) is 5.69 Å². The molecule has 0 atom stereocenters. The molecule has 0 unspecified atom stereocenters. The van der Waals surface area contributed by atoms with E-state index >= 15 is 0 Å². The van der Waals surface area contributed by atoms with Crippen LogP contribution in [0.15, 0.2) is 29.3 Å². The number of nitrogens with zero attached hydrogens (tertiary/aromatic N) is 2. The second kappa shape index (κ2) is 8.21. The summed E-state index contributed by atoms with van der Waals surface area (Å²) in [5, 5.41) is 3.00. The summed E-state index contributed by atoms with van der Waals surface area (Å²) in [6, 6.07) is 7.99. The van der Waals surface area contributed by atoms with Crippen LogP contribution in [0, 0.1) is 5.92 Å². The summed E-state index contributed by atoms with van der Waals surface area (Å²) in [5.74, 6) is 0.814. The predicted molar refractivity (Wildman–Crippen MR) is 97.2 cm³/mol. The molecule has 5 nitrogen and oxygen atoms in total. The fraction of sp³-hybridized carbons (Fsp3) is 0.467. The van der Waals surface area contributed by atoms with E-state index in [1.807, 2.05) is 18.2 Å². The molecule has 0 bridgehead atoms. The molecule has 0 aromatic heterocycles. The summed E-state index contributed by atoms with van der Waals surface area (Å²) in [5.41, 5.74) is 7.95. The summed E-state index contributed by atoms with van der Waals surface area (Å²) >= 11 is 0. The van der Waals surface area contributed by atoms with Crippen molar-refractivity contribution in [3.63, 3.8) is 0 Å². The van der Waals surface area contributed by atoms with Crippen molar-refractivity contribution in [2.75, 3.05) is 24.5 Å². The van der Waals surface area contributed by atoms with Crippen molar-refractivity contribution in [3.05, 3.63) is 29.8 Å². The predicted octanol–water partition coefficient (Wildman–Crippen LogP) is 1.75. The molecule has 0 saturated carbocycles. The van der Waals surface area contributed by atoms with Gasteiger partial charge in [0.15, 0.2) is 5.96 Å². The molecule has 1 amide bonds. The van der Waals surface area contributed by atoms with Gasteiger partial charge in [-0.3, -0.25) is 4.79 Å². The van der Waals surface area contributed by atoms with Crippen LogP contribution in [0.3, 0.4) is 0 Å². The summed E-state index contributed by atoms with van der Waals surface area (Å²) in [7, 11) is 0. The number of carbonyl (C=O) groups is 1. The van der Waals surface area contributed by atoms with Gasteiger partial charge in [-0.1, -0.05) is 32.0 Å². The minimum atomic E-state index is -0.00996. The fourth-order valence-corrected chi connectivity index (χ4v) is 2.20. The highest BCUT2D eigenvalue weighted by Gasteiger charge is 2.23. The first-order valence-electron chi connectivity index (χ1n) is 7.00. The molecule has 1 aromatic rings. The first-order chi connectivity index (χ1) is 9.58. The van der Waals surface area contributed by atoms with Gasteiger partial charge in [0.25, 0.3) is 0 Å². The molecule has 1 heterocycles. The minimum Gasteiger partial charge on any atom is -0.370 e. The topological polar surface area (TPSA) is 70.7 Å². The molecule has 1 aliphatic rings. The molecule has 0 saturated heterocycles. The average Bonchev–Trinajstić information content (AvgIpc) is 2.86. The van der Waals surface area contributed by atoms with Crippen molar-refractivity contribution in [2.45, 2.75) is 20.3 Å². The number of benzene rings is 1. The number of hydrogen-bond donors (Lipinski definition) is 2. The number of carbonyl (C=O) groups excluding carboxylic acids is 1. The van der Waals surface area contributed by atoms with Gasteiger partial charge in [-0.2, -0.15) is 0 Å². The normalized spacial score (nSPS) is 13.9. The SMILES string of the molecule is CC(C)CNC(N)=NCC(=O)N1CCc2ccccc21.I. The average molecular weight is 402 g/mol. The second-order valence-electron chi connectivity index (χ2n) is 5.40. The number of nitrogens with two attached hydrogens (primary N) is 1. The molecular weight excluding hydrogens is 379 g/mol. The van der Waals surface area contributed by atoms with Crippen LogP contribution in [0.2, 0.25) is 0 Å².